The number of carboxylic acid groups (broad SMARTS) is 1. The van der Waals surface area contributed by atoms with E-state index in [0.29, 0.717) is 10.0 Å². The maximum absolute atomic E-state index is 11.3. The zero-order chi connectivity index (χ0) is 17.3. The van der Waals surface area contributed by atoms with Crippen molar-refractivity contribution in [1.29, 1.82) is 0 Å². The van der Waals surface area contributed by atoms with E-state index in [9.17, 15) is 9.90 Å². The molecule has 0 saturated heterocycles. The molecule has 0 saturated carbocycles. The predicted molar refractivity (Wildman–Crippen MR) is 102 cm³/mol. The van der Waals surface area contributed by atoms with Gasteiger partial charge in [-0.1, -0.05) is 53.6 Å². The van der Waals surface area contributed by atoms with Gasteiger partial charge >= 0.3 is 5.97 Å². The van der Waals surface area contributed by atoms with Crippen LogP contribution in [0, 0.1) is 6.92 Å². The van der Waals surface area contributed by atoms with Crippen molar-refractivity contribution in [2.45, 2.75) is 12.2 Å². The van der Waals surface area contributed by atoms with Crippen LogP contribution in [0.1, 0.15) is 15.8 Å². The van der Waals surface area contributed by atoms with E-state index >= 15 is 0 Å². The van der Waals surface area contributed by atoms with Crippen LogP contribution in [-0.2, 0) is 4.79 Å². The van der Waals surface area contributed by atoms with Gasteiger partial charge in [-0.25, -0.2) is 4.98 Å². The molecule has 3 nitrogen and oxygen atoms in total. The number of aliphatic carboxylic acids is 1. The lowest BCUT2D eigenvalue weighted by Crippen LogP contribution is -2.04. The molecule has 0 radical (unpaired) electrons. The van der Waals surface area contributed by atoms with Crippen LogP contribution in [-0.4, -0.2) is 16.1 Å². The van der Waals surface area contributed by atoms with Gasteiger partial charge in [0.2, 0.25) is 0 Å². The van der Waals surface area contributed by atoms with Crippen LogP contribution in [0.25, 0.3) is 21.7 Å². The van der Waals surface area contributed by atoms with Gasteiger partial charge in [-0.3, -0.25) is 4.79 Å². The SMILES string of the molecule is Cc1ccc(-c2sc(C(S)C(=O)O)nc2-c2ccc(Cl)cc2)cc1. The minimum Gasteiger partial charge on any atom is -0.480 e. The Labute approximate surface area is 154 Å². The molecule has 0 aliphatic heterocycles. The lowest BCUT2D eigenvalue weighted by molar-refractivity contribution is -0.136. The number of rotatable bonds is 4. The molecule has 0 aliphatic carbocycles. The number of thiol groups is 1. The molecule has 1 atom stereocenters. The number of aromatic nitrogens is 1. The summed E-state index contributed by atoms with van der Waals surface area (Å²) >= 11 is 11.5. The Bertz CT molecular complexity index is 810. The fourth-order valence-corrected chi connectivity index (χ4v) is 3.68. The van der Waals surface area contributed by atoms with Gasteiger partial charge < -0.3 is 5.11 Å². The molecule has 0 bridgehead atoms. The summed E-state index contributed by atoms with van der Waals surface area (Å²) < 4.78 is 0. The molecular weight excluding hydrogens is 362 g/mol. The third-order valence-electron chi connectivity index (χ3n) is 3.54. The quantitative estimate of drug-likeness (QED) is 0.592. The normalized spacial score (nSPS) is 12.1. The van der Waals surface area contributed by atoms with Crippen molar-refractivity contribution in [3.63, 3.8) is 0 Å². The van der Waals surface area contributed by atoms with Crippen molar-refractivity contribution in [2.75, 3.05) is 0 Å². The Balaban J connectivity index is 2.16. The lowest BCUT2D eigenvalue weighted by atomic mass is 10.1. The summed E-state index contributed by atoms with van der Waals surface area (Å²) in [5.41, 5.74) is 3.80. The molecule has 0 aliphatic rings. The van der Waals surface area contributed by atoms with E-state index in [0.717, 1.165) is 27.3 Å². The molecule has 1 heterocycles. The molecule has 6 heteroatoms. The molecule has 1 unspecified atom stereocenters. The van der Waals surface area contributed by atoms with E-state index < -0.39 is 11.2 Å². The third kappa shape index (κ3) is 3.48. The van der Waals surface area contributed by atoms with Crippen LogP contribution >= 0.6 is 35.6 Å². The third-order valence-corrected chi connectivity index (χ3v) is 5.60. The molecule has 1 aromatic heterocycles. The van der Waals surface area contributed by atoms with E-state index in [4.69, 9.17) is 11.6 Å². The van der Waals surface area contributed by atoms with E-state index in [2.05, 4.69) is 17.6 Å². The van der Waals surface area contributed by atoms with Gasteiger partial charge in [0.1, 0.15) is 5.01 Å². The van der Waals surface area contributed by atoms with E-state index in [-0.39, 0.29) is 0 Å². The Morgan fingerprint density at radius 3 is 2.29 bits per heavy atom. The molecule has 0 amide bonds. The standard InChI is InChI=1S/C18H14ClNO2S2/c1-10-2-4-12(5-3-10)16-14(11-6-8-13(19)9-7-11)20-17(24-16)15(23)18(21)22/h2-9,15,23H,1H3,(H,21,22). The summed E-state index contributed by atoms with van der Waals surface area (Å²) in [4.78, 5) is 16.7. The van der Waals surface area contributed by atoms with Crippen molar-refractivity contribution in [2.24, 2.45) is 0 Å². The van der Waals surface area contributed by atoms with Gasteiger partial charge in [0.15, 0.2) is 5.25 Å². The fraction of sp³-hybridized carbons (Fsp3) is 0.111. The molecule has 24 heavy (non-hydrogen) atoms. The molecule has 2 aromatic carbocycles. The highest BCUT2D eigenvalue weighted by atomic mass is 35.5. The topological polar surface area (TPSA) is 50.2 Å². The van der Waals surface area contributed by atoms with Crippen molar-refractivity contribution in [3.05, 3.63) is 64.1 Å². The van der Waals surface area contributed by atoms with Gasteiger partial charge in [0.25, 0.3) is 0 Å². The van der Waals surface area contributed by atoms with E-state index in [1.807, 2.05) is 43.3 Å². The summed E-state index contributed by atoms with van der Waals surface area (Å²) in [6.45, 7) is 2.02. The average Bonchev–Trinajstić information content (AvgIpc) is 3.00. The summed E-state index contributed by atoms with van der Waals surface area (Å²) in [7, 11) is 0. The number of nitrogens with zero attached hydrogens (tertiary/aromatic N) is 1. The fourth-order valence-electron chi connectivity index (χ4n) is 2.26. The molecule has 0 fully saturated rings. The van der Waals surface area contributed by atoms with E-state index in [1.54, 1.807) is 12.1 Å². The van der Waals surface area contributed by atoms with E-state index in [1.165, 1.54) is 11.3 Å². The number of carbonyl (C=O) groups is 1. The molecule has 3 aromatic rings. The maximum Gasteiger partial charge on any atom is 0.323 e. The molecule has 3 rings (SSSR count). The van der Waals surface area contributed by atoms with Gasteiger partial charge in [-0.15, -0.1) is 11.3 Å². The smallest absolute Gasteiger partial charge is 0.323 e. The number of hydrogen-bond acceptors (Lipinski definition) is 4. The number of thiazole rings is 1. The Kier molecular flexibility index (Phi) is 4.94. The average molecular weight is 376 g/mol. The van der Waals surface area contributed by atoms with Crippen molar-refractivity contribution in [3.8, 4) is 21.7 Å². The summed E-state index contributed by atoms with van der Waals surface area (Å²) in [6, 6.07) is 15.4. The lowest BCUT2D eigenvalue weighted by Gasteiger charge is -2.03. The molecule has 122 valence electrons. The second kappa shape index (κ2) is 6.97. The van der Waals surface area contributed by atoms with Crippen LogP contribution in [0.2, 0.25) is 5.02 Å². The highest BCUT2D eigenvalue weighted by molar-refractivity contribution is 7.81. The van der Waals surface area contributed by atoms with Crippen molar-refractivity contribution in [1.82, 2.24) is 4.98 Å². The van der Waals surface area contributed by atoms with Gasteiger partial charge in [-0.2, -0.15) is 12.6 Å². The Morgan fingerprint density at radius 1 is 1.12 bits per heavy atom. The second-order valence-corrected chi connectivity index (χ2v) is 7.33. The van der Waals surface area contributed by atoms with Crippen LogP contribution < -0.4 is 0 Å². The Hall–Kier alpha value is -1.82. The molecule has 0 spiro atoms. The number of carboxylic acids is 1. The van der Waals surface area contributed by atoms with Crippen LogP contribution in [0.4, 0.5) is 0 Å². The molecule has 1 N–H and O–H groups in total. The molecular formula is C18H14ClNO2S2. The largest absolute Gasteiger partial charge is 0.480 e. The second-order valence-electron chi connectivity index (χ2n) is 5.34. The highest BCUT2D eigenvalue weighted by Gasteiger charge is 2.23. The van der Waals surface area contributed by atoms with Crippen LogP contribution in [0.5, 0.6) is 0 Å². The predicted octanol–water partition coefficient (Wildman–Crippen LogP) is 5.49. The minimum absolute atomic E-state index is 0.464. The Morgan fingerprint density at radius 2 is 1.71 bits per heavy atom. The zero-order valence-corrected chi connectivity index (χ0v) is 15.2. The van der Waals surface area contributed by atoms with Crippen molar-refractivity contribution >= 4 is 41.5 Å². The number of benzene rings is 2. The maximum atomic E-state index is 11.3. The summed E-state index contributed by atoms with van der Waals surface area (Å²) in [6.07, 6.45) is 0. The van der Waals surface area contributed by atoms with Crippen LogP contribution in [0.3, 0.4) is 0 Å². The van der Waals surface area contributed by atoms with Crippen molar-refractivity contribution < 1.29 is 9.90 Å². The summed E-state index contributed by atoms with van der Waals surface area (Å²) in [5, 5.41) is 9.38. The first-order valence-corrected chi connectivity index (χ1v) is 8.91. The zero-order valence-electron chi connectivity index (χ0n) is 12.7. The minimum atomic E-state index is -1.01. The summed E-state index contributed by atoms with van der Waals surface area (Å²) in [5.74, 6) is -1.01. The number of aryl methyl sites for hydroxylation is 1. The first-order chi connectivity index (χ1) is 11.5. The monoisotopic (exact) mass is 375 g/mol. The highest BCUT2D eigenvalue weighted by Crippen LogP contribution is 2.40. The van der Waals surface area contributed by atoms with Gasteiger partial charge in [0, 0.05) is 10.6 Å². The first-order valence-electron chi connectivity index (χ1n) is 7.20. The first kappa shape index (κ1) is 17.0. The van der Waals surface area contributed by atoms with Crippen LogP contribution in [0.15, 0.2) is 48.5 Å². The van der Waals surface area contributed by atoms with Gasteiger partial charge in [-0.05, 0) is 24.6 Å². The number of halogens is 1. The van der Waals surface area contributed by atoms with Gasteiger partial charge in [0.05, 0.1) is 10.6 Å². The number of hydrogen-bond donors (Lipinski definition) is 2.